The Bertz CT molecular complexity index is 1350. The van der Waals surface area contributed by atoms with Gasteiger partial charge in [-0.25, -0.2) is 9.59 Å². The van der Waals surface area contributed by atoms with Crippen LogP contribution in [0.1, 0.15) is 68.4 Å². The van der Waals surface area contributed by atoms with E-state index in [9.17, 15) is 9.59 Å². The van der Waals surface area contributed by atoms with Gasteiger partial charge in [0.15, 0.2) is 12.2 Å². The number of halogens is 2. The zero-order valence-corrected chi connectivity index (χ0v) is 31.7. The van der Waals surface area contributed by atoms with Gasteiger partial charge in [0.25, 0.3) is 0 Å². The Morgan fingerprint density at radius 1 is 0.660 bits per heavy atom. The first kappa shape index (κ1) is 44.1. The molecule has 4 aliphatic rings. The van der Waals surface area contributed by atoms with Crippen LogP contribution in [0, 0.1) is 0 Å². The minimum absolute atomic E-state index is 0. The van der Waals surface area contributed by atoms with Crippen LogP contribution in [0.2, 0.25) is 0 Å². The summed E-state index contributed by atoms with van der Waals surface area (Å²) in [6, 6.07) is 21.1. The van der Waals surface area contributed by atoms with Crippen molar-refractivity contribution in [1.29, 1.82) is 0 Å². The van der Waals surface area contributed by atoms with Gasteiger partial charge in [-0.3, -0.25) is 24.8 Å². The Hall–Kier alpha value is -3.27. The normalized spacial score (nSPS) is 23.5. The Balaban J connectivity index is 0.000000216. The predicted molar refractivity (Wildman–Crippen MR) is 206 cm³/mol. The number of aliphatic carboxylic acids is 2. The first-order chi connectivity index (χ1) is 25.3. The monoisotopic (exact) mass is 775 g/mol. The van der Waals surface area contributed by atoms with Gasteiger partial charge >= 0.3 is 11.9 Å². The van der Waals surface area contributed by atoms with Crippen LogP contribution in [0.4, 0.5) is 0 Å². The fourth-order valence-corrected chi connectivity index (χ4v) is 7.38. The fraction of sp³-hybridized carbons (Fsp3) is 0.553. The second-order valence-electron chi connectivity index (χ2n) is 13.4. The van der Waals surface area contributed by atoms with Crippen molar-refractivity contribution in [2.75, 3.05) is 26.2 Å². The van der Waals surface area contributed by atoms with E-state index in [2.05, 4.69) is 59.7 Å². The molecule has 53 heavy (non-hydrogen) atoms. The zero-order valence-electron chi connectivity index (χ0n) is 30.1. The van der Waals surface area contributed by atoms with Crippen LogP contribution >= 0.6 is 24.0 Å². The maximum absolute atomic E-state index is 9.77. The van der Waals surface area contributed by atoms with Crippen LogP contribution in [0.3, 0.4) is 0 Å². The molecule has 0 radical (unpaired) electrons. The van der Waals surface area contributed by atoms with Crippen molar-refractivity contribution >= 4 is 35.9 Å². The van der Waals surface area contributed by atoms with Crippen molar-refractivity contribution in [2.24, 2.45) is 0 Å². The molecular weight excluding hydrogens is 721 g/mol. The predicted octanol–water partition coefficient (Wildman–Crippen LogP) is 3.72. The van der Waals surface area contributed by atoms with Crippen LogP contribution < -0.4 is 10.6 Å². The summed E-state index contributed by atoms with van der Waals surface area (Å²) in [5.74, 6) is -3.04. The smallest absolute Gasteiger partial charge is 0.335 e. The largest absolute Gasteiger partial charge is 0.479 e. The van der Waals surface area contributed by atoms with Gasteiger partial charge in [-0.2, -0.15) is 0 Å². The second kappa shape index (κ2) is 24.2. The molecule has 0 spiro atoms. The van der Waals surface area contributed by atoms with E-state index in [0.29, 0.717) is 18.0 Å². The molecule has 3 aromatic rings. The minimum atomic E-state index is -2.27. The summed E-state index contributed by atoms with van der Waals surface area (Å²) in [5.41, 5.74) is 3.31. The summed E-state index contributed by atoms with van der Waals surface area (Å²) < 4.78 is 0. The highest BCUT2D eigenvalue weighted by atomic mass is 35.5. The Morgan fingerprint density at radius 2 is 1.06 bits per heavy atom. The third-order valence-electron chi connectivity index (χ3n) is 9.81. The molecule has 0 aliphatic carbocycles. The van der Waals surface area contributed by atoms with Crippen molar-refractivity contribution in [2.45, 2.75) is 107 Å². The van der Waals surface area contributed by atoms with Gasteiger partial charge in [0, 0.05) is 55.8 Å². The van der Waals surface area contributed by atoms with Crippen LogP contribution in [0.5, 0.6) is 0 Å². The molecule has 0 amide bonds. The first-order valence-electron chi connectivity index (χ1n) is 18.3. The van der Waals surface area contributed by atoms with E-state index in [4.69, 9.17) is 32.0 Å². The lowest BCUT2D eigenvalue weighted by Crippen LogP contribution is -2.45. The van der Waals surface area contributed by atoms with Gasteiger partial charge in [-0.1, -0.05) is 18.2 Å². The Morgan fingerprint density at radius 3 is 1.34 bits per heavy atom. The van der Waals surface area contributed by atoms with Gasteiger partial charge in [0.05, 0.1) is 23.0 Å². The Labute approximate surface area is 323 Å². The summed E-state index contributed by atoms with van der Waals surface area (Å²) in [5, 5.41) is 39.6. The zero-order chi connectivity index (χ0) is 37.1. The summed E-state index contributed by atoms with van der Waals surface area (Å²) in [4.78, 5) is 37.9. The fourth-order valence-electron chi connectivity index (χ4n) is 7.22. The maximum Gasteiger partial charge on any atom is 0.335 e. The van der Waals surface area contributed by atoms with Crippen LogP contribution in [0.15, 0.2) is 73.2 Å². The summed E-state index contributed by atoms with van der Waals surface area (Å²) in [6.45, 7) is 6.86. The summed E-state index contributed by atoms with van der Waals surface area (Å²) >= 11 is 5.46. The number of hydrogen-bond donors (Lipinski definition) is 6. The van der Waals surface area contributed by atoms with Crippen molar-refractivity contribution < 1.29 is 30.0 Å². The molecule has 0 unspecified atom stereocenters. The van der Waals surface area contributed by atoms with Crippen LogP contribution in [0.25, 0.3) is 0 Å². The van der Waals surface area contributed by atoms with Crippen molar-refractivity contribution in [1.82, 2.24) is 35.4 Å². The van der Waals surface area contributed by atoms with Gasteiger partial charge < -0.3 is 31.1 Å². The first-order valence-corrected chi connectivity index (χ1v) is 18.8. The molecule has 0 saturated carbocycles. The van der Waals surface area contributed by atoms with Gasteiger partial charge in [-0.05, 0) is 114 Å². The quantitative estimate of drug-likeness (QED) is 0.164. The topological polar surface area (TPSA) is 184 Å². The number of carboxylic acids is 2. The molecule has 4 fully saturated rings. The van der Waals surface area contributed by atoms with E-state index >= 15 is 0 Å². The third kappa shape index (κ3) is 14.8. The lowest BCUT2D eigenvalue weighted by molar-refractivity contribution is -0.165. The van der Waals surface area contributed by atoms with E-state index in [0.717, 1.165) is 30.9 Å². The van der Waals surface area contributed by atoms with E-state index < -0.39 is 24.1 Å². The average Bonchev–Trinajstić information content (AvgIpc) is 4.02. The molecule has 0 aromatic carbocycles. The number of pyridine rings is 3. The number of carbonyl (C=O) groups is 2. The maximum atomic E-state index is 9.77. The highest BCUT2D eigenvalue weighted by molar-refractivity contribution is 6.16. The van der Waals surface area contributed by atoms with Crippen LogP contribution in [-0.2, 0) is 28.6 Å². The lowest BCUT2D eigenvalue weighted by Gasteiger charge is -2.34. The number of nitrogens with one attached hydrogen (secondary N) is 2. The van der Waals surface area contributed by atoms with Crippen molar-refractivity contribution in [3.8, 4) is 0 Å². The van der Waals surface area contributed by atoms with E-state index in [1.807, 2.05) is 42.7 Å². The molecular formula is C38H55Cl2N7O6. The number of aromatic nitrogens is 3. The summed E-state index contributed by atoms with van der Waals surface area (Å²) in [6.07, 6.45) is 11.8. The standard InChI is InChI=1S/C20H26N4.C8H16N2.C6H6ClN.C4H6O6.ClH/c1-3-11-21-17(7-1)15-23-13-5-9-19(23)20-10-6-14-24(20)16-18-8-2-4-12-22-18;1-3-7(9-5-1)8-4-2-6-10-8;7-5-6-3-1-2-4-8-6;5-1(3(7)8)2(6)4(9)10;/h1-4,7-8,11-12,19-20H,5-6,9-10,13-16H2;7-10H,1-6H2;1-4H,5H2;1-2,5-6H,(H,7,8)(H,9,10);1H/t19-,20-;7-,8-;;1-,2-;/m00.0./s1. The number of rotatable bonds is 10. The minimum Gasteiger partial charge on any atom is -0.479 e. The van der Waals surface area contributed by atoms with Gasteiger partial charge in [0.2, 0.25) is 0 Å². The van der Waals surface area contributed by atoms with Gasteiger partial charge in [-0.15, -0.1) is 24.0 Å². The molecule has 13 nitrogen and oxygen atoms in total. The van der Waals surface area contributed by atoms with Gasteiger partial charge in [0.1, 0.15) is 0 Å². The average molecular weight is 777 g/mol. The molecule has 4 aliphatic heterocycles. The molecule has 7 rings (SSSR count). The highest BCUT2D eigenvalue weighted by Crippen LogP contribution is 2.31. The van der Waals surface area contributed by atoms with E-state index in [1.54, 1.807) is 6.20 Å². The number of carboxylic acid groups (broad SMARTS) is 2. The number of aliphatic hydroxyl groups is 2. The SMILES string of the molecule is C1CN[C@H]([C@@H]2CCCN2)C1.Cl.ClCc1ccccn1.O=C(O)[C@@H](O)[C@H](O)C(=O)O.c1ccc(CN2CCC[C@H]2[C@@H]2CCCN2Cc2ccccn2)nc1. The lowest BCUT2D eigenvalue weighted by atomic mass is 10.0. The number of aliphatic hydroxyl groups excluding tert-OH is 2. The molecule has 7 heterocycles. The van der Waals surface area contributed by atoms with Crippen molar-refractivity contribution in [3.63, 3.8) is 0 Å². The Kier molecular flexibility index (Phi) is 20.1. The molecule has 292 valence electrons. The number of hydrogen-bond acceptors (Lipinski definition) is 11. The number of likely N-dealkylation sites (tertiary alicyclic amines) is 2. The molecule has 6 atom stereocenters. The molecule has 6 N–H and O–H groups in total. The molecule has 0 bridgehead atoms. The second-order valence-corrected chi connectivity index (χ2v) is 13.7. The number of nitrogens with zero attached hydrogens (tertiary/aromatic N) is 5. The summed E-state index contributed by atoms with van der Waals surface area (Å²) in [7, 11) is 0. The molecule has 4 saturated heterocycles. The van der Waals surface area contributed by atoms with Crippen LogP contribution in [-0.4, -0.2) is 120 Å². The van der Waals surface area contributed by atoms with E-state index in [1.165, 1.54) is 88.9 Å². The molecule has 3 aromatic heterocycles. The highest BCUT2D eigenvalue weighted by Gasteiger charge is 2.37. The third-order valence-corrected chi connectivity index (χ3v) is 10.1. The van der Waals surface area contributed by atoms with Crippen molar-refractivity contribution in [3.05, 3.63) is 90.3 Å². The van der Waals surface area contributed by atoms with E-state index in [-0.39, 0.29) is 12.4 Å². The number of alkyl halides is 1. The molecule has 15 heteroatoms.